The second-order valence-electron chi connectivity index (χ2n) is 6.89. The van der Waals surface area contributed by atoms with Gasteiger partial charge in [0.05, 0.1) is 27.4 Å². The lowest BCUT2D eigenvalue weighted by Crippen LogP contribution is -2.21. The Hall–Kier alpha value is -3.72. The fourth-order valence-corrected chi connectivity index (χ4v) is 4.16. The third-order valence-electron chi connectivity index (χ3n) is 4.72. The van der Waals surface area contributed by atoms with E-state index in [0.29, 0.717) is 34.4 Å². The lowest BCUT2D eigenvalue weighted by Gasteiger charge is -2.12. The Bertz CT molecular complexity index is 1120. The van der Waals surface area contributed by atoms with E-state index in [1.54, 1.807) is 55.8 Å². The molecule has 3 rings (SSSR count). The molecule has 0 aliphatic carbocycles. The van der Waals surface area contributed by atoms with Crippen LogP contribution >= 0.6 is 11.3 Å². The Morgan fingerprint density at radius 3 is 2.18 bits per heavy atom. The minimum Gasteiger partial charge on any atom is -0.494 e. The van der Waals surface area contributed by atoms with E-state index >= 15 is 0 Å². The van der Waals surface area contributed by atoms with Crippen molar-refractivity contribution >= 4 is 28.2 Å². The maximum atomic E-state index is 12.8. The molecule has 0 saturated heterocycles. The summed E-state index contributed by atoms with van der Waals surface area (Å²) in [5, 5.41) is 4.93. The molecular formula is C25H27NO7S. The topological polar surface area (TPSA) is 92.3 Å². The molecule has 1 amide bonds. The van der Waals surface area contributed by atoms with Gasteiger partial charge in [0.25, 0.3) is 5.91 Å². The molecule has 2 aromatic carbocycles. The molecule has 0 atom stereocenters. The minimum absolute atomic E-state index is 0.203. The number of methoxy groups -OCH3 is 2. The molecule has 3 aromatic rings. The molecule has 1 N–H and O–H groups in total. The van der Waals surface area contributed by atoms with E-state index in [9.17, 15) is 9.59 Å². The maximum absolute atomic E-state index is 12.8. The van der Waals surface area contributed by atoms with Crippen molar-refractivity contribution in [2.45, 2.75) is 13.8 Å². The summed E-state index contributed by atoms with van der Waals surface area (Å²) < 4.78 is 26.9. The minimum atomic E-state index is -0.531. The number of carbonyl (C=O) groups is 2. The number of anilines is 1. The summed E-state index contributed by atoms with van der Waals surface area (Å²) >= 11 is 1.23. The normalized spacial score (nSPS) is 10.4. The van der Waals surface area contributed by atoms with Crippen LogP contribution in [-0.2, 0) is 9.53 Å². The van der Waals surface area contributed by atoms with Crippen molar-refractivity contribution in [3.05, 3.63) is 53.4 Å². The molecule has 9 heteroatoms. The first-order valence-corrected chi connectivity index (χ1v) is 11.5. The zero-order valence-corrected chi connectivity index (χ0v) is 20.3. The summed E-state index contributed by atoms with van der Waals surface area (Å²) in [4.78, 5) is 25.4. The van der Waals surface area contributed by atoms with Crippen molar-refractivity contribution in [2.75, 3.05) is 39.4 Å². The van der Waals surface area contributed by atoms with Gasteiger partial charge in [-0.1, -0.05) is 6.07 Å². The molecule has 180 valence electrons. The molecule has 8 nitrogen and oxygen atoms in total. The Kier molecular flexibility index (Phi) is 8.75. The molecule has 34 heavy (non-hydrogen) atoms. The summed E-state index contributed by atoms with van der Waals surface area (Å²) in [6, 6.07) is 12.3. The summed E-state index contributed by atoms with van der Waals surface area (Å²) in [6.45, 7) is 4.18. The van der Waals surface area contributed by atoms with E-state index in [4.69, 9.17) is 23.7 Å². The monoisotopic (exact) mass is 485 g/mol. The van der Waals surface area contributed by atoms with Crippen LogP contribution in [0.1, 0.15) is 24.2 Å². The van der Waals surface area contributed by atoms with Gasteiger partial charge in [-0.25, -0.2) is 4.79 Å². The van der Waals surface area contributed by atoms with Crippen molar-refractivity contribution < 1.29 is 33.3 Å². The standard InChI is InChI=1S/C25H27NO7S/c1-5-31-17-8-10-18(11-9-17)33-14-22(27)26-24-23(25(28)32-6-2)19(15-34-24)16-7-12-20(29-3)21(13-16)30-4/h7-13,15H,5-6,14H2,1-4H3,(H,26,27). The Morgan fingerprint density at radius 1 is 0.882 bits per heavy atom. The van der Waals surface area contributed by atoms with Gasteiger partial charge in [-0.3, -0.25) is 4.79 Å². The molecule has 0 unspecified atom stereocenters. The van der Waals surface area contributed by atoms with Gasteiger partial charge in [0.15, 0.2) is 18.1 Å². The van der Waals surface area contributed by atoms with Crippen molar-refractivity contribution in [3.8, 4) is 34.1 Å². The number of esters is 1. The summed E-state index contributed by atoms with van der Waals surface area (Å²) in [7, 11) is 3.09. The third kappa shape index (κ3) is 5.99. The van der Waals surface area contributed by atoms with Crippen LogP contribution in [0.4, 0.5) is 5.00 Å². The number of carbonyl (C=O) groups excluding carboxylic acids is 2. The first-order chi connectivity index (χ1) is 16.5. The van der Waals surface area contributed by atoms with Gasteiger partial charge in [-0.15, -0.1) is 11.3 Å². The molecule has 0 aliphatic rings. The number of nitrogens with one attached hydrogen (secondary N) is 1. The highest BCUT2D eigenvalue weighted by Gasteiger charge is 2.23. The van der Waals surface area contributed by atoms with E-state index in [1.165, 1.54) is 18.4 Å². The van der Waals surface area contributed by atoms with Crippen LogP contribution in [0.5, 0.6) is 23.0 Å². The average molecular weight is 486 g/mol. The van der Waals surface area contributed by atoms with Gasteiger partial charge in [-0.05, 0) is 55.8 Å². The number of rotatable bonds is 11. The van der Waals surface area contributed by atoms with Crippen LogP contribution in [0.15, 0.2) is 47.8 Å². The quantitative estimate of drug-likeness (QED) is 0.381. The highest BCUT2D eigenvalue weighted by molar-refractivity contribution is 7.15. The second-order valence-corrected chi connectivity index (χ2v) is 7.76. The van der Waals surface area contributed by atoms with Crippen molar-refractivity contribution in [1.29, 1.82) is 0 Å². The van der Waals surface area contributed by atoms with Crippen LogP contribution in [-0.4, -0.2) is 45.9 Å². The Balaban J connectivity index is 1.79. The average Bonchev–Trinajstić information content (AvgIpc) is 3.27. The predicted octanol–water partition coefficient (Wildman–Crippen LogP) is 5.03. The maximum Gasteiger partial charge on any atom is 0.341 e. The van der Waals surface area contributed by atoms with Crippen LogP contribution in [0.2, 0.25) is 0 Å². The molecule has 0 radical (unpaired) electrons. The zero-order chi connectivity index (χ0) is 24.5. The molecule has 0 spiro atoms. The van der Waals surface area contributed by atoms with Gasteiger partial charge >= 0.3 is 5.97 Å². The van der Waals surface area contributed by atoms with Crippen molar-refractivity contribution in [2.24, 2.45) is 0 Å². The van der Waals surface area contributed by atoms with Crippen LogP contribution in [0.3, 0.4) is 0 Å². The van der Waals surface area contributed by atoms with Crippen LogP contribution < -0.4 is 24.3 Å². The van der Waals surface area contributed by atoms with Crippen LogP contribution in [0, 0.1) is 0 Å². The van der Waals surface area contributed by atoms with E-state index in [1.807, 2.05) is 13.0 Å². The van der Waals surface area contributed by atoms with Gasteiger partial charge in [0.1, 0.15) is 22.1 Å². The van der Waals surface area contributed by atoms with Gasteiger partial charge in [0.2, 0.25) is 0 Å². The largest absolute Gasteiger partial charge is 0.494 e. The number of hydrogen-bond donors (Lipinski definition) is 1. The lowest BCUT2D eigenvalue weighted by molar-refractivity contribution is -0.118. The van der Waals surface area contributed by atoms with Gasteiger partial charge in [0, 0.05) is 10.9 Å². The Morgan fingerprint density at radius 2 is 1.56 bits per heavy atom. The fraction of sp³-hybridized carbons (Fsp3) is 0.280. The van der Waals surface area contributed by atoms with Gasteiger partial charge < -0.3 is 29.0 Å². The van der Waals surface area contributed by atoms with Crippen molar-refractivity contribution in [3.63, 3.8) is 0 Å². The summed E-state index contributed by atoms with van der Waals surface area (Å²) in [5.41, 5.74) is 1.61. The number of ether oxygens (including phenoxy) is 5. The van der Waals surface area contributed by atoms with Gasteiger partial charge in [-0.2, -0.15) is 0 Å². The predicted molar refractivity (Wildman–Crippen MR) is 131 cm³/mol. The number of amides is 1. The second kappa shape index (κ2) is 11.9. The highest BCUT2D eigenvalue weighted by Crippen LogP contribution is 2.39. The van der Waals surface area contributed by atoms with Crippen LogP contribution in [0.25, 0.3) is 11.1 Å². The summed E-state index contributed by atoms with van der Waals surface area (Å²) in [6.07, 6.45) is 0. The molecule has 0 fully saturated rings. The van der Waals surface area contributed by atoms with E-state index in [2.05, 4.69) is 5.32 Å². The molecule has 0 bridgehead atoms. The smallest absolute Gasteiger partial charge is 0.341 e. The highest BCUT2D eigenvalue weighted by atomic mass is 32.1. The Labute approximate surface area is 202 Å². The summed E-state index contributed by atoms with van der Waals surface area (Å²) in [5.74, 6) is 1.41. The van der Waals surface area contributed by atoms with E-state index in [0.717, 1.165) is 11.3 Å². The number of hydrogen-bond acceptors (Lipinski definition) is 8. The molecule has 0 aliphatic heterocycles. The number of thiophene rings is 1. The SMILES string of the molecule is CCOC(=O)c1c(-c2ccc(OC)c(OC)c2)csc1NC(=O)COc1ccc(OCC)cc1. The van der Waals surface area contributed by atoms with Crippen molar-refractivity contribution in [1.82, 2.24) is 0 Å². The molecule has 0 saturated carbocycles. The first-order valence-electron chi connectivity index (χ1n) is 10.7. The van der Waals surface area contributed by atoms with E-state index < -0.39 is 11.9 Å². The number of benzene rings is 2. The molecule has 1 heterocycles. The molecule has 1 aromatic heterocycles. The first kappa shape index (κ1) is 24.9. The zero-order valence-electron chi connectivity index (χ0n) is 19.5. The lowest BCUT2D eigenvalue weighted by atomic mass is 10.0. The molecular weight excluding hydrogens is 458 g/mol. The fourth-order valence-electron chi connectivity index (χ4n) is 3.18. The van der Waals surface area contributed by atoms with E-state index in [-0.39, 0.29) is 18.8 Å². The third-order valence-corrected chi connectivity index (χ3v) is 5.62.